The third kappa shape index (κ3) is 1.83. The Hall–Kier alpha value is -1.02. The van der Waals surface area contributed by atoms with Crippen molar-refractivity contribution in [1.29, 1.82) is 0 Å². The summed E-state index contributed by atoms with van der Waals surface area (Å²) in [7, 11) is 2.26. The first-order valence-corrected chi connectivity index (χ1v) is 7.20. The van der Waals surface area contributed by atoms with Gasteiger partial charge in [0, 0.05) is 25.2 Å². The van der Waals surface area contributed by atoms with E-state index in [-0.39, 0.29) is 0 Å². The fraction of sp³-hybridized carbons (Fsp3) is 0.625. The molecule has 1 aromatic carbocycles. The molecule has 0 aromatic heterocycles. The van der Waals surface area contributed by atoms with Gasteiger partial charge in [-0.15, -0.1) is 0 Å². The fourth-order valence-corrected chi connectivity index (χ4v) is 3.90. The number of fused-ring (bicyclic) bond motifs is 1. The molecule has 2 aliphatic rings. The topological polar surface area (TPSA) is 15.3 Å². The van der Waals surface area contributed by atoms with Crippen LogP contribution in [-0.4, -0.2) is 26.7 Å². The average Bonchev–Trinajstić information content (AvgIpc) is 2.74. The van der Waals surface area contributed by atoms with Crippen molar-refractivity contribution in [2.24, 2.45) is 5.92 Å². The van der Waals surface area contributed by atoms with E-state index in [0.29, 0.717) is 0 Å². The zero-order valence-electron chi connectivity index (χ0n) is 11.8. The van der Waals surface area contributed by atoms with Crippen molar-refractivity contribution >= 4 is 5.69 Å². The Kier molecular flexibility index (Phi) is 3.06. The van der Waals surface area contributed by atoms with Crippen LogP contribution in [-0.2, 0) is 0 Å². The number of benzene rings is 1. The quantitative estimate of drug-likeness (QED) is 0.817. The second kappa shape index (κ2) is 4.58. The highest BCUT2D eigenvalue weighted by Crippen LogP contribution is 2.45. The summed E-state index contributed by atoms with van der Waals surface area (Å²) in [6.07, 6.45) is 2.68. The molecule has 1 N–H and O–H groups in total. The van der Waals surface area contributed by atoms with Crippen LogP contribution in [0.4, 0.5) is 5.69 Å². The van der Waals surface area contributed by atoms with Gasteiger partial charge >= 0.3 is 0 Å². The molecule has 1 atom stereocenters. The SMILES string of the molecule is Cc1ccc(C)c2c1C(C1CCNCC1)CN2C. The molecule has 98 valence electrons. The molecule has 18 heavy (non-hydrogen) atoms. The van der Waals surface area contributed by atoms with E-state index in [9.17, 15) is 0 Å². The molecule has 1 fully saturated rings. The average molecular weight is 244 g/mol. The highest BCUT2D eigenvalue weighted by molar-refractivity contribution is 5.67. The lowest BCUT2D eigenvalue weighted by Crippen LogP contribution is -2.32. The van der Waals surface area contributed by atoms with Crippen molar-refractivity contribution < 1.29 is 0 Å². The van der Waals surface area contributed by atoms with Crippen LogP contribution < -0.4 is 10.2 Å². The molecule has 2 aliphatic heterocycles. The highest BCUT2D eigenvalue weighted by Gasteiger charge is 2.35. The number of nitrogens with one attached hydrogen (secondary N) is 1. The zero-order valence-corrected chi connectivity index (χ0v) is 11.8. The molecule has 2 heteroatoms. The number of rotatable bonds is 1. The molecule has 3 rings (SSSR count). The molecule has 2 nitrogen and oxygen atoms in total. The summed E-state index contributed by atoms with van der Waals surface area (Å²) in [6.45, 7) is 8.15. The second-order valence-electron chi connectivity index (χ2n) is 6.04. The van der Waals surface area contributed by atoms with Crippen molar-refractivity contribution in [2.45, 2.75) is 32.6 Å². The predicted molar refractivity (Wildman–Crippen MR) is 77.5 cm³/mol. The van der Waals surface area contributed by atoms with E-state index in [1.54, 1.807) is 5.56 Å². The van der Waals surface area contributed by atoms with Crippen molar-refractivity contribution in [3.05, 3.63) is 28.8 Å². The van der Waals surface area contributed by atoms with Gasteiger partial charge in [0.15, 0.2) is 0 Å². The second-order valence-corrected chi connectivity index (χ2v) is 6.04. The van der Waals surface area contributed by atoms with Crippen molar-refractivity contribution in [3.8, 4) is 0 Å². The van der Waals surface area contributed by atoms with Crippen LogP contribution >= 0.6 is 0 Å². The molecule has 0 amide bonds. The molecule has 2 heterocycles. The Labute approximate surface area is 110 Å². The van der Waals surface area contributed by atoms with Crippen molar-refractivity contribution in [3.63, 3.8) is 0 Å². The number of nitrogens with zero attached hydrogens (tertiary/aromatic N) is 1. The van der Waals surface area contributed by atoms with Crippen molar-refractivity contribution in [2.75, 3.05) is 31.6 Å². The Morgan fingerprint density at radius 2 is 1.78 bits per heavy atom. The number of likely N-dealkylation sites (N-methyl/N-ethyl adjacent to an activating group) is 1. The van der Waals surface area contributed by atoms with Crippen LogP contribution in [0.15, 0.2) is 12.1 Å². The Balaban J connectivity index is 1.99. The standard InChI is InChI=1S/C16H24N2/c1-11-4-5-12(2)16-15(11)14(10-18(16)3)13-6-8-17-9-7-13/h4-5,13-14,17H,6-10H2,1-3H3. The van der Waals surface area contributed by atoms with E-state index in [0.717, 1.165) is 11.8 Å². The molecule has 0 radical (unpaired) electrons. The summed E-state index contributed by atoms with van der Waals surface area (Å²) in [6, 6.07) is 4.58. The van der Waals surface area contributed by atoms with Gasteiger partial charge < -0.3 is 10.2 Å². The van der Waals surface area contributed by atoms with Crippen LogP contribution in [0.5, 0.6) is 0 Å². The Bertz CT molecular complexity index is 447. The number of hydrogen-bond acceptors (Lipinski definition) is 2. The molecular formula is C16H24N2. The predicted octanol–water partition coefficient (Wildman–Crippen LogP) is 2.84. The monoisotopic (exact) mass is 244 g/mol. The van der Waals surface area contributed by atoms with Gasteiger partial charge in [-0.3, -0.25) is 0 Å². The van der Waals surface area contributed by atoms with Gasteiger partial charge in [0.25, 0.3) is 0 Å². The minimum absolute atomic E-state index is 0.756. The molecule has 1 saturated heterocycles. The van der Waals surface area contributed by atoms with E-state index in [2.05, 4.69) is 43.2 Å². The van der Waals surface area contributed by atoms with E-state index < -0.39 is 0 Å². The summed E-state index contributed by atoms with van der Waals surface area (Å²) in [5.41, 5.74) is 6.08. The molecule has 0 spiro atoms. The lowest BCUT2D eigenvalue weighted by Gasteiger charge is -2.29. The van der Waals surface area contributed by atoms with Gasteiger partial charge in [0.05, 0.1) is 0 Å². The first-order chi connectivity index (χ1) is 8.68. The summed E-state index contributed by atoms with van der Waals surface area (Å²) in [4.78, 5) is 2.48. The van der Waals surface area contributed by atoms with Gasteiger partial charge in [-0.2, -0.15) is 0 Å². The maximum Gasteiger partial charge on any atom is 0.0432 e. The zero-order chi connectivity index (χ0) is 12.7. The highest BCUT2D eigenvalue weighted by atomic mass is 15.1. The van der Waals surface area contributed by atoms with Gasteiger partial charge in [-0.05, 0) is 62.4 Å². The minimum atomic E-state index is 0.756. The van der Waals surface area contributed by atoms with Gasteiger partial charge in [0.2, 0.25) is 0 Å². The minimum Gasteiger partial charge on any atom is -0.374 e. The van der Waals surface area contributed by atoms with E-state index in [4.69, 9.17) is 0 Å². The van der Waals surface area contributed by atoms with Gasteiger partial charge in [-0.1, -0.05) is 12.1 Å². The van der Waals surface area contributed by atoms with E-state index in [1.165, 1.54) is 49.3 Å². The molecule has 0 bridgehead atoms. The van der Waals surface area contributed by atoms with Gasteiger partial charge in [0.1, 0.15) is 0 Å². The van der Waals surface area contributed by atoms with E-state index >= 15 is 0 Å². The van der Waals surface area contributed by atoms with Gasteiger partial charge in [-0.25, -0.2) is 0 Å². The molecule has 0 aliphatic carbocycles. The first kappa shape index (κ1) is 12.0. The molecular weight excluding hydrogens is 220 g/mol. The lowest BCUT2D eigenvalue weighted by molar-refractivity contribution is 0.326. The third-order valence-corrected chi connectivity index (χ3v) is 4.81. The lowest BCUT2D eigenvalue weighted by atomic mass is 9.80. The van der Waals surface area contributed by atoms with E-state index in [1.807, 2.05) is 0 Å². The number of aryl methyl sites for hydroxylation is 2. The fourth-order valence-electron chi connectivity index (χ4n) is 3.90. The van der Waals surface area contributed by atoms with Crippen LogP contribution in [0.2, 0.25) is 0 Å². The van der Waals surface area contributed by atoms with Crippen LogP contribution in [0.3, 0.4) is 0 Å². The largest absolute Gasteiger partial charge is 0.374 e. The van der Waals surface area contributed by atoms with Crippen LogP contribution in [0.25, 0.3) is 0 Å². The van der Waals surface area contributed by atoms with Crippen molar-refractivity contribution in [1.82, 2.24) is 5.32 Å². The normalized spacial score (nSPS) is 24.4. The van der Waals surface area contributed by atoms with Crippen LogP contribution in [0.1, 0.15) is 35.4 Å². The Morgan fingerprint density at radius 1 is 1.11 bits per heavy atom. The molecule has 1 unspecified atom stereocenters. The Morgan fingerprint density at radius 3 is 2.50 bits per heavy atom. The summed E-state index contributed by atoms with van der Waals surface area (Å²) < 4.78 is 0. The molecule has 1 aromatic rings. The smallest absolute Gasteiger partial charge is 0.0432 e. The number of hydrogen-bond donors (Lipinski definition) is 1. The molecule has 0 saturated carbocycles. The first-order valence-electron chi connectivity index (χ1n) is 7.20. The summed E-state index contributed by atoms with van der Waals surface area (Å²) in [5, 5.41) is 3.49. The number of anilines is 1. The third-order valence-electron chi connectivity index (χ3n) is 4.81. The summed E-state index contributed by atoms with van der Waals surface area (Å²) in [5.74, 6) is 1.63. The maximum atomic E-state index is 3.49. The van der Waals surface area contributed by atoms with Crippen LogP contribution in [0, 0.1) is 19.8 Å². The maximum absolute atomic E-state index is 3.49. The number of piperidine rings is 1. The summed E-state index contributed by atoms with van der Waals surface area (Å²) >= 11 is 0.